The van der Waals surface area contributed by atoms with Crippen molar-refractivity contribution >= 4 is 27.3 Å². The molecule has 1 aliphatic rings. The van der Waals surface area contributed by atoms with E-state index in [1.54, 1.807) is 0 Å². The summed E-state index contributed by atoms with van der Waals surface area (Å²) in [7, 11) is 4.15. The number of hydrogen-bond donors (Lipinski definition) is 1. The molecule has 110 valence electrons. The number of hydrogen-bond acceptors (Lipinski definition) is 2. The second-order valence-electron chi connectivity index (χ2n) is 5.88. The molecule has 0 saturated heterocycles. The molecule has 0 radical (unpaired) electrons. The summed E-state index contributed by atoms with van der Waals surface area (Å²) in [6.07, 6.45) is 2.69. The predicted molar refractivity (Wildman–Crippen MR) is 94.2 cm³/mol. The molecule has 0 heterocycles. The molecule has 0 amide bonds. The molecule has 0 bridgehead atoms. The summed E-state index contributed by atoms with van der Waals surface area (Å²) >= 11 is 3.56. The Morgan fingerprint density at radius 2 is 1.90 bits per heavy atom. The summed E-state index contributed by atoms with van der Waals surface area (Å²) < 4.78 is 1.10. The Balaban J connectivity index is 1.80. The van der Waals surface area contributed by atoms with Crippen LogP contribution < -0.4 is 10.2 Å². The topological polar surface area (TPSA) is 15.3 Å². The lowest BCUT2D eigenvalue weighted by atomic mass is 10.0. The zero-order valence-corrected chi connectivity index (χ0v) is 14.2. The molecule has 1 N–H and O–H groups in total. The Labute approximate surface area is 135 Å². The molecule has 2 aromatic rings. The summed E-state index contributed by atoms with van der Waals surface area (Å²) in [4.78, 5) is 2.14. The van der Waals surface area contributed by atoms with E-state index in [2.05, 4.69) is 82.7 Å². The highest BCUT2D eigenvalue weighted by atomic mass is 79.9. The quantitative estimate of drug-likeness (QED) is 0.820. The molecule has 1 saturated carbocycles. The van der Waals surface area contributed by atoms with Crippen LogP contribution in [0.5, 0.6) is 0 Å². The molecule has 3 heteroatoms. The van der Waals surface area contributed by atoms with Gasteiger partial charge in [0.2, 0.25) is 0 Å². The van der Waals surface area contributed by atoms with Crippen molar-refractivity contribution in [3.05, 3.63) is 58.1 Å². The van der Waals surface area contributed by atoms with Crippen LogP contribution in [-0.2, 0) is 6.54 Å². The van der Waals surface area contributed by atoms with Crippen molar-refractivity contribution in [3.63, 3.8) is 0 Å². The van der Waals surface area contributed by atoms with Crippen LogP contribution in [0.3, 0.4) is 0 Å². The maximum atomic E-state index is 3.60. The van der Waals surface area contributed by atoms with Gasteiger partial charge in [-0.3, -0.25) is 0 Å². The van der Waals surface area contributed by atoms with E-state index in [9.17, 15) is 0 Å². The second kappa shape index (κ2) is 6.10. The van der Waals surface area contributed by atoms with E-state index in [0.29, 0.717) is 0 Å². The molecular weight excluding hydrogens is 324 g/mol. The summed E-state index contributed by atoms with van der Waals surface area (Å²) in [5.74, 6) is 0.791. The van der Waals surface area contributed by atoms with E-state index in [0.717, 1.165) is 16.9 Å². The van der Waals surface area contributed by atoms with Crippen LogP contribution in [0, 0.1) is 0 Å². The third-order valence-corrected chi connectivity index (χ3v) is 4.48. The molecule has 0 spiro atoms. The average Bonchev–Trinajstić information content (AvgIpc) is 3.29. The van der Waals surface area contributed by atoms with Crippen LogP contribution >= 0.6 is 15.9 Å². The van der Waals surface area contributed by atoms with Crippen molar-refractivity contribution in [3.8, 4) is 0 Å². The Morgan fingerprint density at radius 3 is 2.62 bits per heavy atom. The van der Waals surface area contributed by atoms with Gasteiger partial charge < -0.3 is 10.2 Å². The number of rotatable bonds is 5. The Kier molecular flexibility index (Phi) is 4.20. The molecule has 0 aliphatic heterocycles. The zero-order chi connectivity index (χ0) is 14.8. The fraction of sp³-hybridized carbons (Fsp3) is 0.333. The van der Waals surface area contributed by atoms with Crippen molar-refractivity contribution in [2.45, 2.75) is 25.3 Å². The van der Waals surface area contributed by atoms with Gasteiger partial charge in [-0.25, -0.2) is 0 Å². The molecule has 0 aromatic heterocycles. The Hall–Kier alpha value is -1.48. The second-order valence-corrected chi connectivity index (χ2v) is 6.80. The van der Waals surface area contributed by atoms with Crippen LogP contribution in [0.4, 0.5) is 11.4 Å². The van der Waals surface area contributed by atoms with Gasteiger partial charge in [0.05, 0.1) is 11.4 Å². The van der Waals surface area contributed by atoms with E-state index in [-0.39, 0.29) is 0 Å². The van der Waals surface area contributed by atoms with Gasteiger partial charge in [0.15, 0.2) is 0 Å². The van der Waals surface area contributed by atoms with Gasteiger partial charge in [-0.05, 0) is 48.1 Å². The number of halogens is 1. The van der Waals surface area contributed by atoms with Gasteiger partial charge in [0.25, 0.3) is 0 Å². The first-order chi connectivity index (χ1) is 10.1. The van der Waals surface area contributed by atoms with Crippen molar-refractivity contribution < 1.29 is 0 Å². The maximum Gasteiger partial charge on any atom is 0.0597 e. The minimum absolute atomic E-state index is 0.791. The van der Waals surface area contributed by atoms with Crippen LogP contribution in [0.25, 0.3) is 0 Å². The maximum absolute atomic E-state index is 3.60. The van der Waals surface area contributed by atoms with Crippen LogP contribution in [-0.4, -0.2) is 14.1 Å². The van der Waals surface area contributed by atoms with E-state index in [1.807, 2.05) is 0 Å². The monoisotopic (exact) mass is 344 g/mol. The largest absolute Gasteiger partial charge is 0.379 e. The van der Waals surface area contributed by atoms with Gasteiger partial charge in [0, 0.05) is 25.1 Å². The minimum Gasteiger partial charge on any atom is -0.379 e. The fourth-order valence-corrected chi connectivity index (χ4v) is 3.08. The molecule has 2 nitrogen and oxygen atoms in total. The normalized spacial score (nSPS) is 14.0. The minimum atomic E-state index is 0.791. The highest BCUT2D eigenvalue weighted by molar-refractivity contribution is 9.10. The van der Waals surface area contributed by atoms with E-state index >= 15 is 0 Å². The Bertz CT molecular complexity index is 633. The van der Waals surface area contributed by atoms with Gasteiger partial charge in [0.1, 0.15) is 0 Å². The number of nitrogens with zero attached hydrogens (tertiary/aromatic N) is 1. The van der Waals surface area contributed by atoms with Crippen molar-refractivity contribution in [2.24, 2.45) is 0 Å². The van der Waals surface area contributed by atoms with Gasteiger partial charge in [-0.15, -0.1) is 0 Å². The zero-order valence-electron chi connectivity index (χ0n) is 12.6. The van der Waals surface area contributed by atoms with Crippen molar-refractivity contribution in [1.82, 2.24) is 0 Å². The van der Waals surface area contributed by atoms with Gasteiger partial charge in [-0.1, -0.05) is 40.2 Å². The third-order valence-electron chi connectivity index (χ3n) is 3.98. The van der Waals surface area contributed by atoms with E-state index in [1.165, 1.54) is 35.3 Å². The molecule has 21 heavy (non-hydrogen) atoms. The lowest BCUT2D eigenvalue weighted by Crippen LogP contribution is -2.12. The predicted octanol–water partition coefficient (Wildman–Crippen LogP) is 5.00. The van der Waals surface area contributed by atoms with Crippen molar-refractivity contribution in [1.29, 1.82) is 0 Å². The first-order valence-corrected chi connectivity index (χ1v) is 8.23. The molecule has 1 fully saturated rings. The van der Waals surface area contributed by atoms with E-state index in [4.69, 9.17) is 0 Å². The number of anilines is 2. The smallest absolute Gasteiger partial charge is 0.0597 e. The SMILES string of the molecule is CN(C)c1ccc(Br)cc1NCc1ccccc1C1CC1. The highest BCUT2D eigenvalue weighted by Gasteiger charge is 2.25. The van der Waals surface area contributed by atoms with Gasteiger partial charge in [-0.2, -0.15) is 0 Å². The average molecular weight is 345 g/mol. The fourth-order valence-electron chi connectivity index (χ4n) is 2.72. The van der Waals surface area contributed by atoms with Crippen LogP contribution in [0.15, 0.2) is 46.9 Å². The Morgan fingerprint density at radius 1 is 1.14 bits per heavy atom. The molecule has 0 unspecified atom stereocenters. The van der Waals surface area contributed by atoms with Crippen LogP contribution in [0.2, 0.25) is 0 Å². The number of benzene rings is 2. The standard InChI is InChI=1S/C18H21BrN2/c1-21(2)18-10-9-15(19)11-17(18)20-12-14-5-3-4-6-16(14)13-7-8-13/h3-6,9-11,13,20H,7-8,12H2,1-2H3. The molecule has 0 atom stereocenters. The molecule has 2 aromatic carbocycles. The van der Waals surface area contributed by atoms with E-state index < -0.39 is 0 Å². The molecule has 1 aliphatic carbocycles. The summed E-state index contributed by atoms with van der Waals surface area (Å²) in [5.41, 5.74) is 5.32. The first-order valence-electron chi connectivity index (χ1n) is 7.43. The van der Waals surface area contributed by atoms with Gasteiger partial charge >= 0.3 is 0 Å². The van der Waals surface area contributed by atoms with Crippen molar-refractivity contribution in [2.75, 3.05) is 24.3 Å². The lowest BCUT2D eigenvalue weighted by Gasteiger charge is -2.19. The molecular formula is C18H21BrN2. The van der Waals surface area contributed by atoms with Crippen LogP contribution in [0.1, 0.15) is 29.9 Å². The third kappa shape index (κ3) is 3.41. The highest BCUT2D eigenvalue weighted by Crippen LogP contribution is 2.41. The number of nitrogens with one attached hydrogen (secondary N) is 1. The summed E-state index contributed by atoms with van der Waals surface area (Å²) in [5, 5.41) is 3.60. The first kappa shape index (κ1) is 14.5. The summed E-state index contributed by atoms with van der Waals surface area (Å²) in [6.45, 7) is 0.879. The summed E-state index contributed by atoms with van der Waals surface area (Å²) in [6, 6.07) is 15.2. The molecule has 3 rings (SSSR count). The lowest BCUT2D eigenvalue weighted by molar-refractivity contribution is 1.03.